The van der Waals surface area contributed by atoms with Gasteiger partial charge in [0.25, 0.3) is 0 Å². The average molecular weight is 333 g/mol. The van der Waals surface area contributed by atoms with E-state index in [4.69, 9.17) is 4.99 Å². The van der Waals surface area contributed by atoms with Crippen molar-refractivity contribution in [3.8, 4) is 0 Å². The van der Waals surface area contributed by atoms with Gasteiger partial charge in [0.15, 0.2) is 0 Å². The Kier molecular flexibility index (Phi) is 5.22. The van der Waals surface area contributed by atoms with Crippen molar-refractivity contribution in [1.82, 2.24) is 10.6 Å². The molecule has 1 heterocycles. The van der Waals surface area contributed by atoms with Crippen molar-refractivity contribution in [2.45, 2.75) is 32.7 Å². The summed E-state index contributed by atoms with van der Waals surface area (Å²) >= 11 is 0. The standard InChI is InChI=1S/C22H27N3/c1-17-9-11-19(12-10-17)20-15-21(24-14-13-23-20)25-22(2,3)16-18-7-5-4-6-8-18/h4-12,15,23H,13-14,16H2,1-3H3,(H,24,25). The number of aryl methyl sites for hydroxylation is 1. The predicted octanol–water partition coefficient (Wildman–Crippen LogP) is 3.95. The summed E-state index contributed by atoms with van der Waals surface area (Å²) in [7, 11) is 0. The highest BCUT2D eigenvalue weighted by Crippen LogP contribution is 2.16. The molecule has 25 heavy (non-hydrogen) atoms. The third-order valence-electron chi connectivity index (χ3n) is 4.31. The number of hydrogen-bond acceptors (Lipinski definition) is 3. The maximum atomic E-state index is 4.71. The molecule has 2 N–H and O–H groups in total. The van der Waals surface area contributed by atoms with Gasteiger partial charge in [-0.25, -0.2) is 0 Å². The van der Waals surface area contributed by atoms with Gasteiger partial charge < -0.3 is 10.6 Å². The van der Waals surface area contributed by atoms with Crippen molar-refractivity contribution in [3.63, 3.8) is 0 Å². The number of nitrogens with zero attached hydrogens (tertiary/aromatic N) is 1. The predicted molar refractivity (Wildman–Crippen MR) is 107 cm³/mol. The number of aliphatic imine (C=N–C) groups is 1. The van der Waals surface area contributed by atoms with E-state index in [-0.39, 0.29) is 5.54 Å². The second kappa shape index (κ2) is 7.56. The summed E-state index contributed by atoms with van der Waals surface area (Å²) in [4.78, 5) is 4.71. The van der Waals surface area contributed by atoms with E-state index < -0.39 is 0 Å². The van der Waals surface area contributed by atoms with E-state index >= 15 is 0 Å². The summed E-state index contributed by atoms with van der Waals surface area (Å²) < 4.78 is 0. The molecule has 2 aromatic rings. The van der Waals surface area contributed by atoms with E-state index in [2.05, 4.69) is 92.1 Å². The van der Waals surface area contributed by atoms with Gasteiger partial charge >= 0.3 is 0 Å². The average Bonchev–Trinajstić information content (AvgIpc) is 2.81. The largest absolute Gasteiger partial charge is 0.383 e. The number of rotatable bonds is 4. The minimum absolute atomic E-state index is 0.0700. The Bertz CT molecular complexity index is 756. The van der Waals surface area contributed by atoms with Gasteiger partial charge in [0, 0.05) is 23.9 Å². The molecule has 2 aromatic carbocycles. The van der Waals surface area contributed by atoms with Crippen LogP contribution in [0.5, 0.6) is 0 Å². The Morgan fingerprint density at radius 1 is 1.04 bits per heavy atom. The first-order valence-corrected chi connectivity index (χ1v) is 8.91. The molecule has 1 aliphatic rings. The molecule has 0 unspecified atom stereocenters. The van der Waals surface area contributed by atoms with Gasteiger partial charge in [0.1, 0.15) is 5.84 Å². The highest BCUT2D eigenvalue weighted by Gasteiger charge is 2.20. The first kappa shape index (κ1) is 17.3. The zero-order chi connectivity index (χ0) is 17.7. The van der Waals surface area contributed by atoms with Crippen LogP contribution in [0.3, 0.4) is 0 Å². The molecule has 0 aliphatic carbocycles. The van der Waals surface area contributed by atoms with Gasteiger partial charge in [0.05, 0.1) is 6.54 Å². The fraction of sp³-hybridized carbons (Fsp3) is 0.318. The molecule has 3 rings (SSSR count). The molecule has 0 aromatic heterocycles. The first-order chi connectivity index (χ1) is 12.0. The van der Waals surface area contributed by atoms with Crippen LogP contribution in [0.25, 0.3) is 5.70 Å². The van der Waals surface area contributed by atoms with E-state index in [1.807, 2.05) is 0 Å². The summed E-state index contributed by atoms with van der Waals surface area (Å²) in [5.74, 6) is 0.946. The first-order valence-electron chi connectivity index (χ1n) is 8.91. The Morgan fingerprint density at radius 2 is 1.76 bits per heavy atom. The van der Waals surface area contributed by atoms with Crippen LogP contribution in [0.2, 0.25) is 0 Å². The van der Waals surface area contributed by atoms with Crippen LogP contribution >= 0.6 is 0 Å². The maximum absolute atomic E-state index is 4.71. The van der Waals surface area contributed by atoms with E-state index in [9.17, 15) is 0 Å². The molecule has 0 amide bonds. The van der Waals surface area contributed by atoms with Crippen molar-refractivity contribution < 1.29 is 0 Å². The maximum Gasteiger partial charge on any atom is 0.123 e. The topological polar surface area (TPSA) is 36.4 Å². The van der Waals surface area contributed by atoms with Crippen LogP contribution in [0.15, 0.2) is 65.7 Å². The molecule has 0 atom stereocenters. The summed E-state index contributed by atoms with van der Waals surface area (Å²) in [6.07, 6.45) is 3.08. The third-order valence-corrected chi connectivity index (χ3v) is 4.31. The Balaban J connectivity index is 1.76. The molecule has 3 heteroatoms. The van der Waals surface area contributed by atoms with Crippen molar-refractivity contribution in [2.75, 3.05) is 13.1 Å². The molecule has 0 saturated carbocycles. The second-order valence-electron chi connectivity index (χ2n) is 7.29. The van der Waals surface area contributed by atoms with E-state index in [0.717, 1.165) is 31.0 Å². The Hall–Kier alpha value is -2.55. The van der Waals surface area contributed by atoms with Gasteiger partial charge in [-0.05, 0) is 38.3 Å². The van der Waals surface area contributed by atoms with Gasteiger partial charge in [-0.1, -0.05) is 60.2 Å². The quantitative estimate of drug-likeness (QED) is 0.889. The number of hydrogen-bond donors (Lipinski definition) is 2. The summed E-state index contributed by atoms with van der Waals surface area (Å²) in [6, 6.07) is 19.2. The highest BCUT2D eigenvalue weighted by molar-refractivity contribution is 5.99. The van der Waals surface area contributed by atoms with Gasteiger partial charge in [-0.15, -0.1) is 0 Å². The summed E-state index contributed by atoms with van der Waals surface area (Å²) in [5.41, 5.74) is 4.85. The molecule has 0 saturated heterocycles. The second-order valence-corrected chi connectivity index (χ2v) is 7.29. The van der Waals surface area contributed by atoms with Crippen LogP contribution in [0, 0.1) is 6.92 Å². The minimum Gasteiger partial charge on any atom is -0.383 e. The molecule has 0 spiro atoms. The van der Waals surface area contributed by atoms with Gasteiger partial charge in [-0.3, -0.25) is 4.99 Å². The van der Waals surface area contributed by atoms with Crippen molar-refractivity contribution in [1.29, 1.82) is 0 Å². The van der Waals surface area contributed by atoms with E-state index in [0.29, 0.717) is 0 Å². The third kappa shape index (κ3) is 4.96. The van der Waals surface area contributed by atoms with E-state index in [1.54, 1.807) is 0 Å². The minimum atomic E-state index is -0.0700. The molecule has 0 radical (unpaired) electrons. The lowest BCUT2D eigenvalue weighted by atomic mass is 9.94. The van der Waals surface area contributed by atoms with Crippen LogP contribution in [-0.2, 0) is 6.42 Å². The van der Waals surface area contributed by atoms with Crippen LogP contribution in [0.4, 0.5) is 0 Å². The fourth-order valence-electron chi connectivity index (χ4n) is 3.09. The highest BCUT2D eigenvalue weighted by atomic mass is 15.1. The summed E-state index contributed by atoms with van der Waals surface area (Å²) in [6.45, 7) is 8.18. The molecule has 3 nitrogen and oxygen atoms in total. The molecule has 0 bridgehead atoms. The number of amidine groups is 1. The Labute approximate surface area is 150 Å². The molecule has 1 aliphatic heterocycles. The smallest absolute Gasteiger partial charge is 0.123 e. The zero-order valence-corrected chi connectivity index (χ0v) is 15.3. The van der Waals surface area contributed by atoms with Crippen molar-refractivity contribution >= 4 is 11.5 Å². The Morgan fingerprint density at radius 3 is 2.48 bits per heavy atom. The molecule has 0 fully saturated rings. The van der Waals surface area contributed by atoms with Gasteiger partial charge in [0.2, 0.25) is 0 Å². The van der Waals surface area contributed by atoms with Crippen LogP contribution in [-0.4, -0.2) is 24.5 Å². The summed E-state index contributed by atoms with van der Waals surface area (Å²) in [5, 5.41) is 7.12. The van der Waals surface area contributed by atoms with Crippen LogP contribution < -0.4 is 10.6 Å². The number of benzene rings is 2. The lowest BCUT2D eigenvalue weighted by Gasteiger charge is -2.27. The molecular weight excluding hydrogens is 306 g/mol. The molecular formula is C22H27N3. The van der Waals surface area contributed by atoms with E-state index in [1.165, 1.54) is 16.7 Å². The monoisotopic (exact) mass is 333 g/mol. The number of nitrogens with one attached hydrogen (secondary N) is 2. The fourth-order valence-corrected chi connectivity index (χ4v) is 3.09. The lowest BCUT2D eigenvalue weighted by Crippen LogP contribution is -2.44. The van der Waals surface area contributed by atoms with Gasteiger partial charge in [-0.2, -0.15) is 0 Å². The zero-order valence-electron chi connectivity index (χ0n) is 15.3. The lowest BCUT2D eigenvalue weighted by molar-refractivity contribution is 0.458. The molecule has 130 valence electrons. The van der Waals surface area contributed by atoms with Crippen molar-refractivity contribution in [2.24, 2.45) is 4.99 Å². The van der Waals surface area contributed by atoms with Crippen molar-refractivity contribution in [3.05, 3.63) is 77.4 Å². The normalized spacial score (nSPS) is 14.8. The SMILES string of the molecule is Cc1ccc(C2=CC(NC(C)(C)Cc3ccccc3)=NCCN2)cc1. The van der Waals surface area contributed by atoms with Crippen LogP contribution in [0.1, 0.15) is 30.5 Å².